The molecule has 0 aromatic carbocycles. The Morgan fingerprint density at radius 2 is 2.16 bits per heavy atom. The summed E-state index contributed by atoms with van der Waals surface area (Å²) >= 11 is 0. The maximum atomic E-state index is 12.0. The summed E-state index contributed by atoms with van der Waals surface area (Å²) in [6.45, 7) is 5.47. The summed E-state index contributed by atoms with van der Waals surface area (Å²) in [6.07, 6.45) is 3.04. The smallest absolute Gasteiger partial charge is 0.251 e. The standard InChI is InChI=1S/C13H26N2O3.ClH/c1-10(8-14)15(3)13(16)11(2)18-9-12-6-4-5-7-17-12;/h10-12H,4-9,14H2,1-3H3;1H. The molecule has 1 fully saturated rings. The summed E-state index contributed by atoms with van der Waals surface area (Å²) < 4.78 is 11.2. The molecule has 0 bridgehead atoms. The van der Waals surface area contributed by atoms with Crippen molar-refractivity contribution in [3.8, 4) is 0 Å². The number of halogens is 1. The Hall–Kier alpha value is -0.360. The van der Waals surface area contributed by atoms with E-state index >= 15 is 0 Å². The first kappa shape index (κ1) is 18.6. The van der Waals surface area contributed by atoms with Crippen molar-refractivity contribution in [3.05, 3.63) is 0 Å². The molecule has 0 aromatic heterocycles. The van der Waals surface area contributed by atoms with Gasteiger partial charge in [0, 0.05) is 26.2 Å². The molecule has 0 spiro atoms. The Bertz CT molecular complexity index is 260. The van der Waals surface area contributed by atoms with Crippen LogP contribution in [0.3, 0.4) is 0 Å². The summed E-state index contributed by atoms with van der Waals surface area (Å²) in [7, 11) is 1.76. The van der Waals surface area contributed by atoms with Gasteiger partial charge < -0.3 is 20.1 Å². The zero-order chi connectivity index (χ0) is 13.5. The van der Waals surface area contributed by atoms with E-state index in [2.05, 4.69) is 0 Å². The van der Waals surface area contributed by atoms with E-state index in [0.717, 1.165) is 19.4 Å². The third-order valence-corrected chi connectivity index (χ3v) is 3.50. The zero-order valence-electron chi connectivity index (χ0n) is 12.1. The van der Waals surface area contributed by atoms with Crippen molar-refractivity contribution in [2.75, 3.05) is 26.8 Å². The Morgan fingerprint density at radius 1 is 1.47 bits per heavy atom. The lowest BCUT2D eigenvalue weighted by Crippen LogP contribution is -2.45. The van der Waals surface area contributed by atoms with Gasteiger partial charge in [-0.3, -0.25) is 4.79 Å². The second kappa shape index (κ2) is 9.53. The molecular weight excluding hydrogens is 268 g/mol. The number of amides is 1. The van der Waals surface area contributed by atoms with E-state index in [1.807, 2.05) is 6.92 Å². The van der Waals surface area contributed by atoms with E-state index in [1.165, 1.54) is 6.42 Å². The lowest BCUT2D eigenvalue weighted by molar-refractivity contribution is -0.146. The van der Waals surface area contributed by atoms with Crippen LogP contribution in [0.25, 0.3) is 0 Å². The van der Waals surface area contributed by atoms with Gasteiger partial charge in [-0.15, -0.1) is 12.4 Å². The van der Waals surface area contributed by atoms with E-state index in [9.17, 15) is 4.79 Å². The van der Waals surface area contributed by atoms with Crippen molar-refractivity contribution in [2.24, 2.45) is 5.73 Å². The van der Waals surface area contributed by atoms with Crippen LogP contribution < -0.4 is 5.73 Å². The van der Waals surface area contributed by atoms with Gasteiger partial charge in [0.05, 0.1) is 12.7 Å². The van der Waals surface area contributed by atoms with Crippen LogP contribution in [0, 0.1) is 0 Å². The minimum Gasteiger partial charge on any atom is -0.376 e. The van der Waals surface area contributed by atoms with Crippen molar-refractivity contribution in [1.82, 2.24) is 4.90 Å². The lowest BCUT2D eigenvalue weighted by atomic mass is 10.1. The van der Waals surface area contributed by atoms with Crippen LogP contribution in [0.5, 0.6) is 0 Å². The highest BCUT2D eigenvalue weighted by Gasteiger charge is 2.23. The molecule has 114 valence electrons. The Kier molecular flexibility index (Phi) is 9.35. The molecule has 3 atom stereocenters. The molecule has 1 saturated heterocycles. The molecule has 3 unspecified atom stereocenters. The van der Waals surface area contributed by atoms with Crippen molar-refractivity contribution < 1.29 is 14.3 Å². The maximum Gasteiger partial charge on any atom is 0.251 e. The summed E-state index contributed by atoms with van der Waals surface area (Å²) in [6, 6.07) is 0.0366. The van der Waals surface area contributed by atoms with Gasteiger partial charge >= 0.3 is 0 Å². The van der Waals surface area contributed by atoms with Crippen LogP contribution in [0.4, 0.5) is 0 Å². The van der Waals surface area contributed by atoms with Gasteiger partial charge in [0.15, 0.2) is 0 Å². The average molecular weight is 295 g/mol. The van der Waals surface area contributed by atoms with Gasteiger partial charge in [0.25, 0.3) is 5.91 Å². The van der Waals surface area contributed by atoms with Crippen molar-refractivity contribution in [3.63, 3.8) is 0 Å². The van der Waals surface area contributed by atoms with E-state index < -0.39 is 6.10 Å². The van der Waals surface area contributed by atoms with Crippen LogP contribution >= 0.6 is 12.4 Å². The number of nitrogens with zero attached hydrogens (tertiary/aromatic N) is 1. The Morgan fingerprint density at radius 3 is 2.68 bits per heavy atom. The molecule has 19 heavy (non-hydrogen) atoms. The van der Waals surface area contributed by atoms with Gasteiger partial charge in [-0.2, -0.15) is 0 Å². The predicted molar refractivity (Wildman–Crippen MR) is 77.5 cm³/mol. The van der Waals surface area contributed by atoms with Gasteiger partial charge in [-0.25, -0.2) is 0 Å². The highest BCUT2D eigenvalue weighted by atomic mass is 35.5. The van der Waals surface area contributed by atoms with Gasteiger partial charge in [0.1, 0.15) is 6.10 Å². The minimum absolute atomic E-state index is 0. The SMILES string of the molecule is CC(OCC1CCCCO1)C(=O)N(C)C(C)CN.Cl. The third kappa shape index (κ3) is 6.08. The highest BCUT2D eigenvalue weighted by Crippen LogP contribution is 2.13. The first-order valence-electron chi connectivity index (χ1n) is 6.76. The van der Waals surface area contributed by atoms with Crippen LogP contribution in [-0.2, 0) is 14.3 Å². The quantitative estimate of drug-likeness (QED) is 0.799. The number of likely N-dealkylation sites (N-methyl/N-ethyl adjacent to an activating group) is 1. The van der Waals surface area contributed by atoms with E-state index in [4.69, 9.17) is 15.2 Å². The number of carbonyl (C=O) groups excluding carboxylic acids is 1. The molecular formula is C13H27ClN2O3. The van der Waals surface area contributed by atoms with Gasteiger partial charge in [0.2, 0.25) is 0 Å². The van der Waals surface area contributed by atoms with Gasteiger partial charge in [-0.1, -0.05) is 0 Å². The largest absolute Gasteiger partial charge is 0.376 e. The third-order valence-electron chi connectivity index (χ3n) is 3.50. The van der Waals surface area contributed by atoms with Crippen LogP contribution in [0.1, 0.15) is 33.1 Å². The predicted octanol–water partition coefficient (Wildman–Crippen LogP) is 1.19. The summed E-state index contributed by atoms with van der Waals surface area (Å²) in [4.78, 5) is 13.7. The Labute approximate surface area is 122 Å². The monoisotopic (exact) mass is 294 g/mol. The molecule has 1 amide bonds. The van der Waals surface area contributed by atoms with E-state index in [1.54, 1.807) is 18.9 Å². The maximum absolute atomic E-state index is 12.0. The molecule has 0 aliphatic carbocycles. The normalized spacial score (nSPS) is 22.2. The highest BCUT2D eigenvalue weighted by molar-refractivity contribution is 5.85. The molecule has 2 N–H and O–H groups in total. The Balaban J connectivity index is 0.00000324. The lowest BCUT2D eigenvalue weighted by Gasteiger charge is -2.28. The molecule has 1 rings (SSSR count). The fraction of sp³-hybridized carbons (Fsp3) is 0.923. The molecule has 0 aromatic rings. The second-order valence-electron chi connectivity index (χ2n) is 5.00. The number of hydrogen-bond acceptors (Lipinski definition) is 4. The number of rotatable bonds is 6. The first-order chi connectivity index (χ1) is 8.56. The summed E-state index contributed by atoms with van der Waals surface area (Å²) in [5, 5.41) is 0. The topological polar surface area (TPSA) is 64.8 Å². The summed E-state index contributed by atoms with van der Waals surface area (Å²) in [5.41, 5.74) is 5.55. The van der Waals surface area contributed by atoms with E-state index in [0.29, 0.717) is 13.2 Å². The molecule has 1 aliphatic heterocycles. The molecule has 1 heterocycles. The average Bonchev–Trinajstić information content (AvgIpc) is 2.43. The minimum atomic E-state index is -0.436. The number of ether oxygens (including phenoxy) is 2. The van der Waals surface area contributed by atoms with E-state index in [-0.39, 0.29) is 30.5 Å². The van der Waals surface area contributed by atoms with Crippen LogP contribution in [-0.4, -0.2) is 55.9 Å². The molecule has 6 heteroatoms. The fourth-order valence-corrected chi connectivity index (χ4v) is 1.92. The number of hydrogen-bond donors (Lipinski definition) is 1. The van der Waals surface area contributed by atoms with Crippen LogP contribution in [0.2, 0.25) is 0 Å². The first-order valence-corrected chi connectivity index (χ1v) is 6.76. The molecule has 1 aliphatic rings. The van der Waals surface area contributed by atoms with Crippen molar-refractivity contribution >= 4 is 18.3 Å². The zero-order valence-corrected chi connectivity index (χ0v) is 12.9. The second-order valence-corrected chi connectivity index (χ2v) is 5.00. The molecule has 0 saturated carbocycles. The van der Waals surface area contributed by atoms with Crippen LogP contribution in [0.15, 0.2) is 0 Å². The molecule has 0 radical (unpaired) electrons. The van der Waals surface area contributed by atoms with Gasteiger partial charge in [-0.05, 0) is 33.1 Å². The number of nitrogens with two attached hydrogens (primary N) is 1. The number of carbonyl (C=O) groups is 1. The van der Waals surface area contributed by atoms with Crippen molar-refractivity contribution in [1.29, 1.82) is 0 Å². The van der Waals surface area contributed by atoms with Crippen molar-refractivity contribution in [2.45, 2.75) is 51.4 Å². The summed E-state index contributed by atoms with van der Waals surface area (Å²) in [5.74, 6) is -0.0243. The fourth-order valence-electron chi connectivity index (χ4n) is 1.92. The molecule has 5 nitrogen and oxygen atoms in total.